The van der Waals surface area contributed by atoms with Gasteiger partial charge in [-0.05, 0) is 116 Å². The molecule has 2 atom stereocenters. The molecule has 9 nitrogen and oxygen atoms in total. The molecule has 0 spiro atoms. The third-order valence-electron chi connectivity index (χ3n) is 13.5. The summed E-state index contributed by atoms with van der Waals surface area (Å²) in [6.45, 7) is 3.59. The van der Waals surface area contributed by atoms with Crippen molar-refractivity contribution < 1.29 is 37.6 Å². The molecule has 0 bridgehead atoms. The summed E-state index contributed by atoms with van der Waals surface area (Å²) in [4.78, 5) is 35.2. The maximum Gasteiger partial charge on any atom is 0.472 e. The van der Waals surface area contributed by atoms with Crippen LogP contribution in [0.2, 0.25) is 0 Å². The molecule has 3 N–H and O–H groups in total. The second-order valence-corrected chi connectivity index (χ2v) is 22.7. The summed E-state index contributed by atoms with van der Waals surface area (Å²) in [5, 5.41) is 0. The molecule has 0 radical (unpaired) electrons. The van der Waals surface area contributed by atoms with E-state index in [-0.39, 0.29) is 32.6 Å². The van der Waals surface area contributed by atoms with E-state index >= 15 is 0 Å². The van der Waals surface area contributed by atoms with Crippen molar-refractivity contribution in [3.05, 3.63) is 134 Å². The van der Waals surface area contributed by atoms with Crippen LogP contribution in [0.3, 0.4) is 0 Å². The van der Waals surface area contributed by atoms with Gasteiger partial charge in [-0.1, -0.05) is 276 Å². The monoisotopic (exact) mass is 1150 g/mol. The molecule has 81 heavy (non-hydrogen) atoms. The normalized spacial score (nSPS) is 13.9. The van der Waals surface area contributed by atoms with Crippen molar-refractivity contribution in [2.45, 2.75) is 277 Å². The van der Waals surface area contributed by atoms with Gasteiger partial charge in [-0.2, -0.15) is 0 Å². The smallest absolute Gasteiger partial charge is 0.462 e. The first-order chi connectivity index (χ1) is 39.8. The summed E-state index contributed by atoms with van der Waals surface area (Å²) in [5.74, 6) is -0.843. The second-order valence-electron chi connectivity index (χ2n) is 21.2. The lowest BCUT2D eigenvalue weighted by Crippen LogP contribution is -2.29. The standard InChI is InChI=1S/C71H120NO8P/c1-3-5-7-9-11-13-15-17-19-21-23-24-25-26-27-28-29-30-31-32-33-34-35-36-37-38-39-40-41-42-43-44-46-48-50-52-54-56-58-60-62-64-71(74)80-69(68-79-81(75,76)78-66-65-72)67-77-70(73)63-61-59-57-55-53-51-49-47-45-22-20-18-16-14-12-10-8-6-4-2/h5,7,11-14,17-20,23-24,26-27,29-30,32-33,35-36,45,47,69H,3-4,6,8-10,15-16,21-22,25,28,31,34,37-44,46,48-68,72H2,1-2H3,(H,75,76)/b7-5-,13-11-,14-12-,19-17-,20-18-,24-23-,27-26-,30-29-,33-32-,36-35-,47-45-. The molecule has 0 fully saturated rings. The highest BCUT2D eigenvalue weighted by Crippen LogP contribution is 2.43. The van der Waals surface area contributed by atoms with Crippen molar-refractivity contribution in [3.8, 4) is 0 Å². The second kappa shape index (κ2) is 65.3. The van der Waals surface area contributed by atoms with E-state index < -0.39 is 32.5 Å². The molecule has 0 rings (SSSR count). The van der Waals surface area contributed by atoms with E-state index in [2.05, 4.69) is 148 Å². The summed E-state index contributed by atoms with van der Waals surface area (Å²) in [5.41, 5.74) is 5.39. The number of hydrogen-bond donors (Lipinski definition) is 2. The van der Waals surface area contributed by atoms with Crippen molar-refractivity contribution >= 4 is 19.8 Å². The van der Waals surface area contributed by atoms with E-state index in [0.29, 0.717) is 12.8 Å². The van der Waals surface area contributed by atoms with Crippen molar-refractivity contribution in [2.24, 2.45) is 5.73 Å². The molecule has 0 aliphatic rings. The minimum absolute atomic E-state index is 0.0468. The van der Waals surface area contributed by atoms with Gasteiger partial charge in [0.15, 0.2) is 6.10 Å². The molecule has 2 unspecified atom stereocenters. The largest absolute Gasteiger partial charge is 0.472 e. The number of hydrogen-bond acceptors (Lipinski definition) is 8. The van der Waals surface area contributed by atoms with Gasteiger partial charge in [0.1, 0.15) is 6.61 Å². The van der Waals surface area contributed by atoms with Gasteiger partial charge in [0.2, 0.25) is 0 Å². The third-order valence-corrected chi connectivity index (χ3v) is 14.5. The van der Waals surface area contributed by atoms with E-state index in [4.69, 9.17) is 24.3 Å². The number of esters is 2. The number of allylic oxidation sites excluding steroid dienone is 22. The Labute approximate surface area is 497 Å². The van der Waals surface area contributed by atoms with Crippen molar-refractivity contribution in [2.75, 3.05) is 26.4 Å². The number of carbonyl (C=O) groups excluding carboxylic acids is 2. The zero-order valence-corrected chi connectivity index (χ0v) is 52.6. The van der Waals surface area contributed by atoms with Gasteiger partial charge in [0, 0.05) is 19.4 Å². The highest BCUT2D eigenvalue weighted by molar-refractivity contribution is 7.47. The van der Waals surface area contributed by atoms with Crippen LogP contribution < -0.4 is 5.73 Å². The summed E-state index contributed by atoms with van der Waals surface area (Å²) in [6.07, 6.45) is 92.4. The Morgan fingerprint density at radius 1 is 0.383 bits per heavy atom. The zero-order valence-electron chi connectivity index (χ0n) is 51.7. The van der Waals surface area contributed by atoms with Crippen LogP contribution in [0.15, 0.2) is 134 Å². The molecule has 0 aromatic carbocycles. The maximum atomic E-state index is 12.7. The number of rotatable bonds is 60. The molecule has 0 heterocycles. The quantitative estimate of drug-likeness (QED) is 0.0264. The fourth-order valence-corrected chi connectivity index (χ4v) is 9.48. The van der Waals surface area contributed by atoms with Crippen molar-refractivity contribution in [3.63, 3.8) is 0 Å². The Kier molecular flexibility index (Phi) is 62.2. The predicted molar refractivity (Wildman–Crippen MR) is 348 cm³/mol. The highest BCUT2D eigenvalue weighted by Gasteiger charge is 2.26. The SMILES string of the molecule is CC/C=C\C/C=C\C/C=C\C/C=C\C/C=C\C/C=C\C/C=C\C/C=C\CCCCCCCCCCCCCCCCCCC(=O)OC(COC(=O)CCCCCCCC/C=C\C/C=C\C/C=C\CCCCC)COP(=O)(O)OCCN. The molecule has 0 aliphatic carbocycles. The number of unbranched alkanes of at least 4 members (excludes halogenated alkanes) is 25. The molecule has 0 amide bonds. The molecule has 462 valence electrons. The number of carbonyl (C=O) groups is 2. The van der Waals surface area contributed by atoms with Crippen molar-refractivity contribution in [1.82, 2.24) is 0 Å². The molecule has 10 heteroatoms. The highest BCUT2D eigenvalue weighted by atomic mass is 31.2. The van der Waals surface area contributed by atoms with Crippen molar-refractivity contribution in [1.29, 1.82) is 0 Å². The minimum atomic E-state index is -4.40. The van der Waals surface area contributed by atoms with Gasteiger partial charge < -0.3 is 20.1 Å². The zero-order chi connectivity index (χ0) is 58.7. The lowest BCUT2D eigenvalue weighted by molar-refractivity contribution is -0.161. The Morgan fingerprint density at radius 2 is 0.679 bits per heavy atom. The summed E-state index contributed by atoms with van der Waals surface area (Å²) in [6, 6.07) is 0. The van der Waals surface area contributed by atoms with Crippen LogP contribution in [0, 0.1) is 0 Å². The third kappa shape index (κ3) is 65.2. The van der Waals surface area contributed by atoms with Gasteiger partial charge in [0.05, 0.1) is 13.2 Å². The lowest BCUT2D eigenvalue weighted by atomic mass is 10.0. The molecule has 0 aliphatic heterocycles. The van der Waals surface area contributed by atoms with E-state index in [1.54, 1.807) is 0 Å². The van der Waals surface area contributed by atoms with E-state index in [9.17, 15) is 19.0 Å². The fraction of sp³-hybridized carbons (Fsp3) is 0.662. The van der Waals surface area contributed by atoms with Gasteiger partial charge >= 0.3 is 19.8 Å². The molecule has 0 saturated heterocycles. The van der Waals surface area contributed by atoms with Gasteiger partial charge in [-0.3, -0.25) is 18.6 Å². The molecule has 0 aromatic heterocycles. The van der Waals surface area contributed by atoms with Gasteiger partial charge in [-0.15, -0.1) is 0 Å². The first-order valence-corrected chi connectivity index (χ1v) is 34.2. The topological polar surface area (TPSA) is 134 Å². The van der Waals surface area contributed by atoms with E-state index in [0.717, 1.165) is 116 Å². The predicted octanol–water partition coefficient (Wildman–Crippen LogP) is 21.3. The van der Waals surface area contributed by atoms with Crippen LogP contribution in [-0.2, 0) is 32.7 Å². The molecule has 0 aromatic rings. The number of phosphoric acid groups is 1. The van der Waals surface area contributed by atoms with Crippen LogP contribution in [0.25, 0.3) is 0 Å². The average molecular weight is 1150 g/mol. The van der Waals surface area contributed by atoms with Crippen LogP contribution in [-0.4, -0.2) is 49.3 Å². The first kappa shape index (κ1) is 77.2. The van der Waals surface area contributed by atoms with Crippen LogP contribution in [0.5, 0.6) is 0 Å². The Balaban J connectivity index is 3.90. The van der Waals surface area contributed by atoms with E-state index in [1.807, 2.05) is 0 Å². The number of phosphoric ester groups is 1. The van der Waals surface area contributed by atoms with Crippen LogP contribution in [0.1, 0.15) is 271 Å². The summed E-state index contributed by atoms with van der Waals surface area (Å²) in [7, 11) is -4.40. The Morgan fingerprint density at radius 3 is 1.01 bits per heavy atom. The minimum Gasteiger partial charge on any atom is -0.462 e. The number of nitrogens with two attached hydrogens (primary N) is 1. The van der Waals surface area contributed by atoms with Crippen LogP contribution >= 0.6 is 7.82 Å². The number of ether oxygens (including phenoxy) is 2. The molecular formula is C71H120NO8P. The Hall–Kier alpha value is -3.85. The van der Waals surface area contributed by atoms with Gasteiger partial charge in [0.25, 0.3) is 0 Å². The molecule has 0 saturated carbocycles. The maximum absolute atomic E-state index is 12.7. The summed E-state index contributed by atoms with van der Waals surface area (Å²) < 4.78 is 33.1. The van der Waals surface area contributed by atoms with Gasteiger partial charge in [-0.25, -0.2) is 4.57 Å². The average Bonchev–Trinajstić information content (AvgIpc) is 3.46. The fourth-order valence-electron chi connectivity index (χ4n) is 8.72. The summed E-state index contributed by atoms with van der Waals surface area (Å²) >= 11 is 0. The van der Waals surface area contributed by atoms with Crippen LogP contribution in [0.4, 0.5) is 0 Å². The first-order valence-electron chi connectivity index (χ1n) is 32.7. The van der Waals surface area contributed by atoms with E-state index in [1.165, 1.54) is 116 Å². The Bertz CT molecular complexity index is 1790. The lowest BCUT2D eigenvalue weighted by Gasteiger charge is -2.19. The molecular weight excluding hydrogens is 1030 g/mol.